The topological polar surface area (TPSA) is 86.3 Å². The van der Waals surface area contributed by atoms with Crippen LogP contribution < -0.4 is 0 Å². The van der Waals surface area contributed by atoms with Gasteiger partial charge in [0.1, 0.15) is 11.9 Å². The Morgan fingerprint density at radius 2 is 2.14 bits per heavy atom. The largest absolute Gasteiger partial charge is 0.480 e. The van der Waals surface area contributed by atoms with Crippen LogP contribution in [0.4, 0.5) is 0 Å². The number of aromatic amines is 1. The zero-order valence-corrected chi connectivity index (χ0v) is 12.4. The van der Waals surface area contributed by atoms with Crippen LogP contribution in [-0.2, 0) is 16.0 Å². The minimum Gasteiger partial charge on any atom is -0.480 e. The minimum atomic E-state index is -1.01. The first-order chi connectivity index (χ1) is 9.90. The number of carbonyl (C=O) groups is 2. The molecule has 0 aliphatic rings. The lowest BCUT2D eigenvalue weighted by atomic mass is 10.2. The summed E-state index contributed by atoms with van der Waals surface area (Å²) in [7, 11) is 1.50. The van der Waals surface area contributed by atoms with Crippen LogP contribution in [0.25, 0.3) is 11.0 Å². The number of benzene rings is 1. The molecule has 2 rings (SSSR count). The van der Waals surface area contributed by atoms with Crippen LogP contribution in [0.5, 0.6) is 0 Å². The third-order valence-corrected chi connectivity index (χ3v) is 3.67. The van der Waals surface area contributed by atoms with Crippen molar-refractivity contribution in [2.75, 3.05) is 7.05 Å². The van der Waals surface area contributed by atoms with Crippen molar-refractivity contribution in [3.63, 3.8) is 0 Å². The fourth-order valence-corrected chi connectivity index (χ4v) is 2.13. The van der Waals surface area contributed by atoms with E-state index in [0.717, 1.165) is 22.4 Å². The molecule has 6 heteroatoms. The van der Waals surface area contributed by atoms with E-state index in [4.69, 9.17) is 5.11 Å². The highest BCUT2D eigenvalue weighted by atomic mass is 16.4. The number of rotatable bonds is 5. The number of hydrogen-bond donors (Lipinski definition) is 2. The number of carboxylic acids is 1. The van der Waals surface area contributed by atoms with Crippen LogP contribution in [-0.4, -0.2) is 44.9 Å². The first kappa shape index (κ1) is 15.0. The molecule has 0 bridgehead atoms. The second-order valence-electron chi connectivity index (χ2n) is 5.17. The van der Waals surface area contributed by atoms with E-state index in [1.807, 2.05) is 25.1 Å². The monoisotopic (exact) mass is 289 g/mol. The summed E-state index contributed by atoms with van der Waals surface area (Å²) >= 11 is 0. The lowest BCUT2D eigenvalue weighted by Gasteiger charge is -2.21. The van der Waals surface area contributed by atoms with Gasteiger partial charge in [-0.1, -0.05) is 12.1 Å². The molecule has 2 N–H and O–H groups in total. The molecule has 0 saturated carbocycles. The second-order valence-corrected chi connectivity index (χ2v) is 5.17. The molecule has 1 aromatic carbocycles. The van der Waals surface area contributed by atoms with E-state index >= 15 is 0 Å². The summed E-state index contributed by atoms with van der Waals surface area (Å²) in [6.07, 6.45) is 0.691. The van der Waals surface area contributed by atoms with Crippen molar-refractivity contribution in [3.8, 4) is 0 Å². The van der Waals surface area contributed by atoms with E-state index in [9.17, 15) is 9.59 Å². The van der Waals surface area contributed by atoms with Gasteiger partial charge >= 0.3 is 5.97 Å². The van der Waals surface area contributed by atoms with Crippen molar-refractivity contribution in [2.45, 2.75) is 32.7 Å². The Hall–Kier alpha value is -2.37. The Kier molecular flexibility index (Phi) is 4.26. The van der Waals surface area contributed by atoms with Gasteiger partial charge in [-0.2, -0.15) is 0 Å². The molecular formula is C15H19N3O3. The van der Waals surface area contributed by atoms with Crippen molar-refractivity contribution < 1.29 is 14.7 Å². The smallest absolute Gasteiger partial charge is 0.326 e. The molecule has 0 radical (unpaired) electrons. The van der Waals surface area contributed by atoms with Gasteiger partial charge in [-0.25, -0.2) is 9.78 Å². The molecule has 0 fully saturated rings. The molecule has 0 aliphatic heterocycles. The van der Waals surface area contributed by atoms with Gasteiger partial charge in [0.05, 0.1) is 11.0 Å². The number of amides is 1. The Morgan fingerprint density at radius 3 is 2.76 bits per heavy atom. The number of fused-ring (bicyclic) bond motifs is 1. The second kappa shape index (κ2) is 5.95. The highest BCUT2D eigenvalue weighted by Crippen LogP contribution is 2.16. The summed E-state index contributed by atoms with van der Waals surface area (Å²) in [5.74, 6) is -0.476. The van der Waals surface area contributed by atoms with Gasteiger partial charge in [0, 0.05) is 19.9 Å². The number of imidazole rings is 1. The van der Waals surface area contributed by atoms with Gasteiger partial charge in [-0.15, -0.1) is 0 Å². The predicted molar refractivity (Wildman–Crippen MR) is 79.0 cm³/mol. The highest BCUT2D eigenvalue weighted by molar-refractivity contribution is 5.83. The molecule has 1 atom stereocenters. The maximum Gasteiger partial charge on any atom is 0.326 e. The molecule has 1 unspecified atom stereocenters. The molecule has 1 heterocycles. The lowest BCUT2D eigenvalue weighted by Crippen LogP contribution is -2.40. The fraction of sp³-hybridized carbons (Fsp3) is 0.400. The van der Waals surface area contributed by atoms with Crippen LogP contribution in [0.3, 0.4) is 0 Å². The van der Waals surface area contributed by atoms with Crippen LogP contribution in [0.15, 0.2) is 18.2 Å². The molecule has 0 aliphatic carbocycles. The van der Waals surface area contributed by atoms with E-state index in [0.29, 0.717) is 6.42 Å². The van der Waals surface area contributed by atoms with Crippen molar-refractivity contribution in [2.24, 2.45) is 0 Å². The number of H-pyrrole nitrogens is 1. The van der Waals surface area contributed by atoms with E-state index in [-0.39, 0.29) is 12.3 Å². The zero-order chi connectivity index (χ0) is 15.6. The van der Waals surface area contributed by atoms with E-state index in [1.165, 1.54) is 18.9 Å². The third kappa shape index (κ3) is 3.21. The number of carbonyl (C=O) groups excluding carboxylic acids is 1. The number of likely N-dealkylation sites (N-methyl/N-ethyl adjacent to an activating group) is 1. The summed E-state index contributed by atoms with van der Waals surface area (Å²) in [6.45, 7) is 3.48. The number of nitrogens with one attached hydrogen (secondary N) is 1. The van der Waals surface area contributed by atoms with Crippen LogP contribution in [0.2, 0.25) is 0 Å². The van der Waals surface area contributed by atoms with Gasteiger partial charge in [0.15, 0.2) is 0 Å². The molecule has 0 spiro atoms. The SMILES string of the molecule is Cc1cccc2[nH]c(CCC(=O)N(C)C(C)C(=O)O)nc12. The number of carboxylic acid groups (broad SMARTS) is 1. The third-order valence-electron chi connectivity index (χ3n) is 3.67. The fourth-order valence-electron chi connectivity index (χ4n) is 2.13. The van der Waals surface area contributed by atoms with Gasteiger partial charge in [0.2, 0.25) is 5.91 Å². The summed E-state index contributed by atoms with van der Waals surface area (Å²) in [5.41, 5.74) is 2.94. The highest BCUT2D eigenvalue weighted by Gasteiger charge is 2.21. The van der Waals surface area contributed by atoms with Gasteiger partial charge in [0.25, 0.3) is 0 Å². The van der Waals surface area contributed by atoms with Gasteiger partial charge in [-0.3, -0.25) is 4.79 Å². The molecular weight excluding hydrogens is 270 g/mol. The van der Waals surface area contributed by atoms with Crippen LogP contribution in [0.1, 0.15) is 24.7 Å². The van der Waals surface area contributed by atoms with E-state index < -0.39 is 12.0 Å². The van der Waals surface area contributed by atoms with Gasteiger partial charge < -0.3 is 15.0 Å². The van der Waals surface area contributed by atoms with Crippen molar-refractivity contribution >= 4 is 22.9 Å². The summed E-state index contributed by atoms with van der Waals surface area (Å²) in [4.78, 5) is 31.7. The maximum atomic E-state index is 12.0. The Bertz CT molecular complexity index is 678. The predicted octanol–water partition coefficient (Wildman–Crippen LogP) is 1.74. The number of aryl methyl sites for hydroxylation is 2. The standard InChI is InChI=1S/C15H19N3O3/c1-9-5-4-6-11-14(9)17-12(16-11)7-8-13(19)18(3)10(2)15(20)21/h4-6,10H,7-8H2,1-3H3,(H,16,17)(H,20,21). The average molecular weight is 289 g/mol. The average Bonchev–Trinajstić information content (AvgIpc) is 2.87. The number of para-hydroxylation sites is 1. The number of aliphatic carboxylic acids is 1. The van der Waals surface area contributed by atoms with Crippen LogP contribution in [0, 0.1) is 6.92 Å². The number of aromatic nitrogens is 2. The van der Waals surface area contributed by atoms with E-state index in [2.05, 4.69) is 9.97 Å². The lowest BCUT2D eigenvalue weighted by molar-refractivity contribution is -0.148. The Labute approximate surface area is 122 Å². The normalized spacial score (nSPS) is 12.3. The number of nitrogens with zero attached hydrogens (tertiary/aromatic N) is 2. The molecule has 1 aromatic heterocycles. The summed E-state index contributed by atoms with van der Waals surface area (Å²) in [5, 5.41) is 8.90. The molecule has 112 valence electrons. The molecule has 2 aromatic rings. The first-order valence-corrected chi connectivity index (χ1v) is 6.83. The summed E-state index contributed by atoms with van der Waals surface area (Å²) < 4.78 is 0. The maximum absolute atomic E-state index is 12.0. The molecule has 21 heavy (non-hydrogen) atoms. The minimum absolute atomic E-state index is 0.206. The Balaban J connectivity index is 2.03. The Morgan fingerprint density at radius 1 is 1.43 bits per heavy atom. The molecule has 0 saturated heterocycles. The van der Waals surface area contributed by atoms with Crippen molar-refractivity contribution in [3.05, 3.63) is 29.6 Å². The first-order valence-electron chi connectivity index (χ1n) is 6.83. The van der Waals surface area contributed by atoms with Crippen LogP contribution >= 0.6 is 0 Å². The molecule has 6 nitrogen and oxygen atoms in total. The van der Waals surface area contributed by atoms with Crippen molar-refractivity contribution in [1.82, 2.24) is 14.9 Å². The van der Waals surface area contributed by atoms with Gasteiger partial charge in [-0.05, 0) is 25.5 Å². The molecule has 1 amide bonds. The quantitative estimate of drug-likeness (QED) is 0.877. The number of hydrogen-bond acceptors (Lipinski definition) is 3. The van der Waals surface area contributed by atoms with Crippen molar-refractivity contribution in [1.29, 1.82) is 0 Å². The summed E-state index contributed by atoms with van der Waals surface area (Å²) in [6, 6.07) is 5.06. The zero-order valence-electron chi connectivity index (χ0n) is 12.4. The van der Waals surface area contributed by atoms with E-state index in [1.54, 1.807) is 0 Å².